The number of carbonyl (C=O) groups excluding carboxylic acids is 2. The van der Waals surface area contributed by atoms with Gasteiger partial charge in [-0.3, -0.25) is 15.0 Å². The van der Waals surface area contributed by atoms with Crippen LogP contribution in [0.5, 0.6) is 0 Å². The van der Waals surface area contributed by atoms with Crippen molar-refractivity contribution in [2.45, 2.75) is 31.2 Å². The number of rotatable bonds is 8. The number of nitrogens with zero attached hydrogens (tertiary/aromatic N) is 1. The van der Waals surface area contributed by atoms with E-state index in [4.69, 9.17) is 0 Å². The molecule has 0 aromatic heterocycles. The molecule has 3 amide bonds. The van der Waals surface area contributed by atoms with E-state index in [1.54, 1.807) is 24.3 Å². The highest BCUT2D eigenvalue weighted by Gasteiger charge is 2.24. The molecular formula is C23H30N4O4S. The summed E-state index contributed by atoms with van der Waals surface area (Å²) in [6.07, 6.45) is 1.75. The van der Waals surface area contributed by atoms with Crippen LogP contribution in [0, 0.1) is 12.8 Å². The first-order chi connectivity index (χ1) is 15.3. The average molecular weight is 459 g/mol. The van der Waals surface area contributed by atoms with Gasteiger partial charge in [0.2, 0.25) is 15.9 Å². The van der Waals surface area contributed by atoms with E-state index in [1.807, 2.05) is 42.2 Å². The predicted octanol–water partition coefficient (Wildman–Crippen LogP) is 2.01. The van der Waals surface area contributed by atoms with Gasteiger partial charge in [-0.2, -0.15) is 0 Å². The number of sulfonamides is 1. The van der Waals surface area contributed by atoms with Crippen LogP contribution >= 0.6 is 0 Å². The van der Waals surface area contributed by atoms with Crippen LogP contribution in [0.1, 0.15) is 24.0 Å². The number of hydrogen-bond acceptors (Lipinski definition) is 5. The Bertz CT molecular complexity index is 1010. The zero-order chi connectivity index (χ0) is 23.0. The maximum absolute atomic E-state index is 12.5. The van der Waals surface area contributed by atoms with Gasteiger partial charge in [0, 0.05) is 19.6 Å². The minimum absolute atomic E-state index is 0.0972. The van der Waals surface area contributed by atoms with E-state index in [2.05, 4.69) is 15.4 Å². The normalized spacial score (nSPS) is 17.0. The van der Waals surface area contributed by atoms with Gasteiger partial charge in [0.1, 0.15) is 0 Å². The Balaban J connectivity index is 1.41. The third-order valence-electron chi connectivity index (χ3n) is 5.41. The van der Waals surface area contributed by atoms with Gasteiger partial charge in [-0.05, 0) is 49.9 Å². The zero-order valence-electron chi connectivity index (χ0n) is 18.2. The second-order valence-electron chi connectivity index (χ2n) is 8.12. The Kier molecular flexibility index (Phi) is 8.38. The van der Waals surface area contributed by atoms with Crippen LogP contribution in [0.4, 0.5) is 4.79 Å². The Morgan fingerprint density at radius 3 is 2.50 bits per heavy atom. The number of imide groups is 1. The molecule has 1 aliphatic heterocycles. The van der Waals surface area contributed by atoms with Crippen molar-refractivity contribution in [3.8, 4) is 0 Å². The Morgan fingerprint density at radius 1 is 1.06 bits per heavy atom. The molecule has 8 nitrogen and oxygen atoms in total. The monoisotopic (exact) mass is 458 g/mol. The molecule has 9 heteroatoms. The van der Waals surface area contributed by atoms with Gasteiger partial charge < -0.3 is 5.32 Å². The van der Waals surface area contributed by atoms with Gasteiger partial charge >= 0.3 is 6.03 Å². The van der Waals surface area contributed by atoms with Gasteiger partial charge in [0.05, 0.1) is 11.4 Å². The average Bonchev–Trinajstić information content (AvgIpc) is 2.77. The van der Waals surface area contributed by atoms with Crippen molar-refractivity contribution in [3.05, 3.63) is 65.7 Å². The third kappa shape index (κ3) is 7.44. The molecular weight excluding hydrogens is 428 g/mol. The molecule has 2 aromatic carbocycles. The molecule has 172 valence electrons. The van der Waals surface area contributed by atoms with Crippen LogP contribution in [0.2, 0.25) is 0 Å². The number of amides is 3. The molecule has 0 bridgehead atoms. The number of aryl methyl sites for hydroxylation is 1. The van der Waals surface area contributed by atoms with Gasteiger partial charge in [0.25, 0.3) is 0 Å². The van der Waals surface area contributed by atoms with Crippen LogP contribution in [-0.2, 0) is 21.4 Å². The lowest BCUT2D eigenvalue weighted by Gasteiger charge is -2.32. The van der Waals surface area contributed by atoms with E-state index < -0.39 is 16.1 Å². The van der Waals surface area contributed by atoms with Gasteiger partial charge in [-0.15, -0.1) is 0 Å². The van der Waals surface area contributed by atoms with Crippen LogP contribution in [-0.4, -0.2) is 51.4 Å². The molecule has 32 heavy (non-hydrogen) atoms. The van der Waals surface area contributed by atoms with Crippen LogP contribution in [0.3, 0.4) is 0 Å². The highest BCUT2D eigenvalue weighted by atomic mass is 32.2. The molecule has 1 fully saturated rings. The SMILES string of the molecule is Cc1ccc(S(=O)(=O)NC[C@@H]2CCCN(CC(=O)NC(=O)NCc3ccccc3)C2)cc1. The van der Waals surface area contributed by atoms with Crippen molar-refractivity contribution in [1.29, 1.82) is 0 Å². The van der Waals surface area contributed by atoms with E-state index in [0.717, 1.165) is 30.5 Å². The lowest BCUT2D eigenvalue weighted by Crippen LogP contribution is -2.47. The highest BCUT2D eigenvalue weighted by Crippen LogP contribution is 2.17. The number of urea groups is 1. The van der Waals surface area contributed by atoms with Crippen LogP contribution < -0.4 is 15.4 Å². The second kappa shape index (κ2) is 11.2. The van der Waals surface area contributed by atoms with Crippen LogP contribution in [0.25, 0.3) is 0 Å². The first-order valence-corrected chi connectivity index (χ1v) is 12.2. The topological polar surface area (TPSA) is 108 Å². The first-order valence-electron chi connectivity index (χ1n) is 10.7. The van der Waals surface area contributed by atoms with Crippen LogP contribution in [0.15, 0.2) is 59.5 Å². The molecule has 0 spiro atoms. The molecule has 0 saturated carbocycles. The number of carbonyl (C=O) groups is 2. The van der Waals surface area contributed by atoms with Crippen molar-refractivity contribution < 1.29 is 18.0 Å². The fraction of sp³-hybridized carbons (Fsp3) is 0.391. The molecule has 2 aromatic rings. The molecule has 1 aliphatic rings. The summed E-state index contributed by atoms with van der Waals surface area (Å²) in [6.45, 7) is 3.98. The van der Waals surface area contributed by atoms with Gasteiger partial charge in [-0.1, -0.05) is 48.0 Å². The molecule has 0 aliphatic carbocycles. The van der Waals surface area contributed by atoms with E-state index in [-0.39, 0.29) is 23.3 Å². The first kappa shape index (κ1) is 23.9. The summed E-state index contributed by atoms with van der Waals surface area (Å²) < 4.78 is 27.7. The smallest absolute Gasteiger partial charge is 0.321 e. The van der Waals surface area contributed by atoms with Crippen molar-refractivity contribution in [2.75, 3.05) is 26.2 Å². The minimum Gasteiger partial charge on any atom is -0.334 e. The molecule has 0 unspecified atom stereocenters. The van der Waals surface area contributed by atoms with E-state index in [9.17, 15) is 18.0 Å². The van der Waals surface area contributed by atoms with Crippen molar-refractivity contribution in [3.63, 3.8) is 0 Å². The highest BCUT2D eigenvalue weighted by molar-refractivity contribution is 7.89. The summed E-state index contributed by atoms with van der Waals surface area (Å²) in [7, 11) is -3.56. The van der Waals surface area contributed by atoms with E-state index in [0.29, 0.717) is 19.6 Å². The Hall–Kier alpha value is -2.75. The largest absolute Gasteiger partial charge is 0.334 e. The summed E-state index contributed by atoms with van der Waals surface area (Å²) in [4.78, 5) is 26.4. The van der Waals surface area contributed by atoms with Gasteiger partial charge in [-0.25, -0.2) is 17.9 Å². The zero-order valence-corrected chi connectivity index (χ0v) is 19.0. The van der Waals surface area contributed by atoms with Crippen molar-refractivity contribution in [2.24, 2.45) is 5.92 Å². The summed E-state index contributed by atoms with van der Waals surface area (Å²) >= 11 is 0. The molecule has 1 heterocycles. The summed E-state index contributed by atoms with van der Waals surface area (Å²) in [5.74, 6) is -0.278. The number of nitrogens with one attached hydrogen (secondary N) is 3. The van der Waals surface area contributed by atoms with Crippen molar-refractivity contribution >= 4 is 22.0 Å². The maximum Gasteiger partial charge on any atom is 0.321 e. The fourth-order valence-electron chi connectivity index (χ4n) is 3.68. The number of likely N-dealkylation sites (tertiary alicyclic amines) is 1. The second-order valence-corrected chi connectivity index (χ2v) is 9.89. The minimum atomic E-state index is -3.56. The summed E-state index contributed by atoms with van der Waals surface area (Å²) in [6, 6.07) is 15.6. The van der Waals surface area contributed by atoms with E-state index >= 15 is 0 Å². The lowest BCUT2D eigenvalue weighted by molar-refractivity contribution is -0.121. The summed E-state index contributed by atoms with van der Waals surface area (Å²) in [5.41, 5.74) is 1.95. The Morgan fingerprint density at radius 2 is 1.78 bits per heavy atom. The standard InChI is InChI=1S/C23H30N4O4S/c1-18-9-11-21(12-10-18)32(30,31)25-15-20-8-5-13-27(16-20)17-22(28)26-23(29)24-14-19-6-3-2-4-7-19/h2-4,6-7,9-12,20,25H,5,8,13-17H2,1H3,(H2,24,26,28,29)/t20-/m0/s1. The lowest BCUT2D eigenvalue weighted by atomic mass is 9.98. The summed E-state index contributed by atoms with van der Waals surface area (Å²) in [5, 5.41) is 5.02. The third-order valence-corrected chi connectivity index (χ3v) is 6.85. The quantitative estimate of drug-likeness (QED) is 0.561. The molecule has 1 atom stereocenters. The fourth-order valence-corrected chi connectivity index (χ4v) is 4.80. The maximum atomic E-state index is 12.5. The van der Waals surface area contributed by atoms with E-state index in [1.165, 1.54) is 0 Å². The predicted molar refractivity (Wildman–Crippen MR) is 122 cm³/mol. The number of hydrogen-bond donors (Lipinski definition) is 3. The Labute approximate surface area is 189 Å². The van der Waals surface area contributed by atoms with Gasteiger partial charge in [0.15, 0.2) is 0 Å². The van der Waals surface area contributed by atoms with Crippen molar-refractivity contribution in [1.82, 2.24) is 20.3 Å². The number of benzene rings is 2. The number of piperidine rings is 1. The molecule has 0 radical (unpaired) electrons. The molecule has 1 saturated heterocycles. The molecule has 3 rings (SSSR count). The molecule has 3 N–H and O–H groups in total.